The van der Waals surface area contributed by atoms with E-state index in [4.69, 9.17) is 24.4 Å². The first-order valence-corrected chi connectivity index (χ1v) is 5.76. The van der Waals surface area contributed by atoms with Crippen LogP contribution in [-0.2, 0) is 14.1 Å². The van der Waals surface area contributed by atoms with E-state index in [0.29, 0.717) is 0 Å². The maximum atomic E-state index is 8.49. The van der Waals surface area contributed by atoms with Crippen LogP contribution in [0.15, 0.2) is 24.3 Å². The Bertz CT molecular complexity index is 476. The van der Waals surface area contributed by atoms with E-state index in [0.717, 1.165) is 17.0 Å². The Balaban J connectivity index is 0.000000249. The van der Waals surface area contributed by atoms with Crippen molar-refractivity contribution >= 4 is 17.0 Å². The smallest absolute Gasteiger partial charge is 0.290 e. The molecule has 17 heavy (non-hydrogen) atoms. The van der Waals surface area contributed by atoms with E-state index >= 15 is 0 Å². The zero-order valence-corrected chi connectivity index (χ0v) is 10.0. The first-order chi connectivity index (χ1) is 7.72. The maximum Gasteiger partial charge on any atom is 0.355 e. The lowest BCUT2D eigenvalue weighted by molar-refractivity contribution is -2.00. The van der Waals surface area contributed by atoms with Crippen LogP contribution < -0.4 is 28.9 Å². The summed E-state index contributed by atoms with van der Waals surface area (Å²) >= 11 is 0. The lowest BCUT2D eigenvalue weighted by Crippen LogP contribution is -2.68. The van der Waals surface area contributed by atoms with Crippen LogP contribution in [0.25, 0.3) is 11.0 Å². The van der Waals surface area contributed by atoms with Crippen molar-refractivity contribution in [1.29, 1.82) is 0 Å². The second-order valence-corrected chi connectivity index (χ2v) is 4.10. The molecule has 0 radical (unpaired) electrons. The number of aromatic nitrogens is 2. The van der Waals surface area contributed by atoms with Gasteiger partial charge in [0.25, 0.3) is 0 Å². The number of para-hydroxylation sites is 2. The van der Waals surface area contributed by atoms with Gasteiger partial charge in [-0.2, -0.15) is 0 Å². The topological polar surface area (TPSA) is 127 Å². The van der Waals surface area contributed by atoms with E-state index < -0.39 is 10.2 Å². The van der Waals surface area contributed by atoms with E-state index in [1.807, 2.05) is 35.4 Å². The molecule has 8 heteroatoms. The van der Waals surface area contributed by atoms with Crippen molar-refractivity contribution in [1.82, 2.24) is 4.57 Å². The van der Waals surface area contributed by atoms with Gasteiger partial charge in [0.05, 0.1) is 14.1 Å². The number of fused-ring (bicyclic) bond motifs is 1. The van der Waals surface area contributed by atoms with Gasteiger partial charge < -0.3 is 0 Å². The Kier molecular flexibility index (Phi) is 3.91. The molecule has 0 spiro atoms. The van der Waals surface area contributed by atoms with Gasteiger partial charge in [0, 0.05) is 0 Å². The summed E-state index contributed by atoms with van der Waals surface area (Å²) < 4.78 is 37.9. The molecule has 2 rings (SSSR count). The number of nitrogens with zero attached hydrogens (tertiary/aromatic N) is 2. The third-order valence-corrected chi connectivity index (χ3v) is 2.29. The van der Waals surface area contributed by atoms with Gasteiger partial charge in [0.2, 0.25) is 0 Å². The zero-order valence-electron chi connectivity index (χ0n) is 9.29. The lowest BCUT2D eigenvalue weighted by atomic mass is 10.3. The van der Waals surface area contributed by atoms with Gasteiger partial charge in [-0.3, -0.25) is 5.73 Å². The minimum atomic E-state index is -4.94. The number of halogens is 1. The Hall–Kier alpha value is -1.38. The van der Waals surface area contributed by atoms with Gasteiger partial charge in [0.1, 0.15) is 11.0 Å². The summed E-state index contributed by atoms with van der Waals surface area (Å²) in [4.78, 5) is 0. The molecule has 0 aliphatic heterocycles. The molecule has 0 amide bonds. The Morgan fingerprint density at radius 1 is 1.18 bits per heavy atom. The minimum Gasteiger partial charge on any atom is -0.290 e. The van der Waals surface area contributed by atoms with Crippen molar-refractivity contribution in [2.45, 2.75) is 0 Å². The van der Waals surface area contributed by atoms with Crippen molar-refractivity contribution in [3.05, 3.63) is 24.3 Å². The third kappa shape index (κ3) is 3.55. The van der Waals surface area contributed by atoms with Crippen LogP contribution >= 0.6 is 0 Å². The molecule has 0 atom stereocenters. The normalized spacial score (nSPS) is 11.2. The molecule has 7 nitrogen and oxygen atoms in total. The van der Waals surface area contributed by atoms with E-state index in [9.17, 15) is 0 Å². The number of imidazole rings is 1. The van der Waals surface area contributed by atoms with E-state index in [2.05, 4.69) is 12.1 Å². The molecule has 2 N–H and O–H groups in total. The van der Waals surface area contributed by atoms with Gasteiger partial charge in [-0.05, 0) is 12.1 Å². The molecule has 0 saturated heterocycles. The third-order valence-electron chi connectivity index (χ3n) is 2.29. The summed E-state index contributed by atoms with van der Waals surface area (Å²) in [6, 6.07) is 8.15. The highest BCUT2D eigenvalue weighted by molar-refractivity contribution is 5.73. The van der Waals surface area contributed by atoms with Crippen molar-refractivity contribution in [3.8, 4) is 0 Å². The summed E-state index contributed by atoms with van der Waals surface area (Å²) in [6.07, 6.45) is 0. The molecule has 0 aliphatic carbocycles. The van der Waals surface area contributed by atoms with Crippen molar-refractivity contribution in [2.24, 2.45) is 14.1 Å². The maximum absolute atomic E-state index is 8.49. The number of rotatable bonds is 0. The van der Waals surface area contributed by atoms with Gasteiger partial charge in [-0.15, -0.1) is 10.2 Å². The fraction of sp³-hybridized carbons (Fsp3) is 0.222. The second kappa shape index (κ2) is 4.86. The summed E-state index contributed by atoms with van der Waals surface area (Å²) in [5.74, 6) is 0.774. The number of anilines is 1. The molecule has 0 aliphatic rings. The Labute approximate surface area is 99.7 Å². The van der Waals surface area contributed by atoms with Crippen LogP contribution in [0, 0.1) is 10.2 Å². The van der Waals surface area contributed by atoms with Crippen LogP contribution in [0.2, 0.25) is 0 Å². The van der Waals surface area contributed by atoms with E-state index in [-0.39, 0.29) is 0 Å². The molecule has 1 heterocycles. The number of nitrogens with two attached hydrogens (primary N) is 1. The molecule has 0 fully saturated rings. The molecule has 94 valence electrons. The fourth-order valence-corrected chi connectivity index (χ4v) is 1.50. The van der Waals surface area contributed by atoms with Gasteiger partial charge >= 0.3 is 5.95 Å². The summed E-state index contributed by atoms with van der Waals surface area (Å²) in [7, 11) is -1.00. The molecule has 2 aromatic rings. The van der Waals surface area contributed by atoms with Gasteiger partial charge in [-0.1, -0.05) is 12.1 Å². The van der Waals surface area contributed by atoms with E-state index in [1.54, 1.807) is 0 Å². The number of benzene rings is 1. The number of hydrogen-bond donors (Lipinski definition) is 1. The van der Waals surface area contributed by atoms with Crippen LogP contribution in [0.4, 0.5) is 5.95 Å². The predicted octanol–water partition coefficient (Wildman–Crippen LogP) is -4.17. The molecular formula is C9H12ClN3O4. The highest BCUT2D eigenvalue weighted by Gasteiger charge is 2.13. The molecule has 1 aromatic heterocycles. The first-order valence-electron chi connectivity index (χ1n) is 4.52. The van der Waals surface area contributed by atoms with Gasteiger partial charge in [-0.25, -0.2) is 27.8 Å². The summed E-state index contributed by atoms with van der Waals surface area (Å²) in [6.45, 7) is 0. The lowest BCUT2D eigenvalue weighted by Gasteiger charge is -2.17. The quantitative estimate of drug-likeness (QED) is 0.481. The molecule has 0 bridgehead atoms. The molecule has 0 saturated carbocycles. The van der Waals surface area contributed by atoms with Gasteiger partial charge in [0.15, 0.2) is 0 Å². The number of nitrogen functional groups attached to an aromatic ring is 1. The molecule has 0 unspecified atom stereocenters. The van der Waals surface area contributed by atoms with Crippen LogP contribution in [0.5, 0.6) is 0 Å². The zero-order chi connectivity index (χ0) is 13.2. The highest BCUT2D eigenvalue weighted by Crippen LogP contribution is 2.12. The summed E-state index contributed by atoms with van der Waals surface area (Å²) in [5, 5.41) is 0. The predicted molar refractivity (Wildman–Crippen MR) is 48.5 cm³/mol. The monoisotopic (exact) mass is 261 g/mol. The Morgan fingerprint density at radius 2 is 1.65 bits per heavy atom. The minimum absolute atomic E-state index is 0.774. The fourth-order valence-electron chi connectivity index (χ4n) is 1.50. The average molecular weight is 262 g/mol. The van der Waals surface area contributed by atoms with Crippen LogP contribution in [-0.4, -0.2) is 4.57 Å². The standard InChI is InChI=1S/C9H11N3.ClHO4/c1-11-7-5-3-4-6-8(7)12(2)9(11)10;2-1(3,4)5/h3-6,10H,1-2H3;(H,2,3,4,5). The molecule has 1 aromatic carbocycles. The SMILES string of the molecule is Cn1c(N)[n+](C)c2ccccc21.[O-][Cl+3]([O-])([O-])[O-]. The van der Waals surface area contributed by atoms with Crippen molar-refractivity contribution < 1.29 is 33.4 Å². The van der Waals surface area contributed by atoms with Crippen LogP contribution in [0.3, 0.4) is 0 Å². The second-order valence-electron chi connectivity index (χ2n) is 3.34. The molecular weight excluding hydrogens is 250 g/mol. The van der Waals surface area contributed by atoms with Crippen LogP contribution in [0.1, 0.15) is 0 Å². The number of aryl methyl sites for hydroxylation is 2. The largest absolute Gasteiger partial charge is 0.355 e. The Morgan fingerprint density at radius 3 is 2.12 bits per heavy atom. The summed E-state index contributed by atoms with van der Waals surface area (Å²) in [5.41, 5.74) is 8.17. The number of hydrogen-bond acceptors (Lipinski definition) is 5. The van der Waals surface area contributed by atoms with Crippen molar-refractivity contribution in [2.75, 3.05) is 5.73 Å². The van der Waals surface area contributed by atoms with E-state index in [1.165, 1.54) is 0 Å². The average Bonchev–Trinajstić information content (AvgIpc) is 2.43. The first kappa shape index (κ1) is 13.7. The van der Waals surface area contributed by atoms with Crippen molar-refractivity contribution in [3.63, 3.8) is 0 Å². The highest BCUT2D eigenvalue weighted by atomic mass is 35.7.